The second-order valence-electron chi connectivity index (χ2n) is 8.25. The number of benzene rings is 3. The Labute approximate surface area is 192 Å². The van der Waals surface area contributed by atoms with Gasteiger partial charge in [-0.25, -0.2) is 9.78 Å². The Kier molecular flexibility index (Phi) is 5.61. The van der Waals surface area contributed by atoms with E-state index in [1.165, 1.54) is 5.56 Å². The summed E-state index contributed by atoms with van der Waals surface area (Å²) in [6.45, 7) is 2.77. The molecule has 0 radical (unpaired) electrons. The van der Waals surface area contributed by atoms with Crippen molar-refractivity contribution >= 4 is 22.8 Å². The molecule has 3 aromatic carbocycles. The maximum Gasteiger partial charge on any atom is 0.339 e. The molecule has 2 heterocycles. The van der Waals surface area contributed by atoms with Crippen molar-refractivity contribution in [3.63, 3.8) is 0 Å². The summed E-state index contributed by atoms with van der Waals surface area (Å²) < 4.78 is 5.55. The Hall–Kier alpha value is -3.99. The van der Waals surface area contributed by atoms with Crippen LogP contribution in [0.2, 0.25) is 0 Å². The molecule has 33 heavy (non-hydrogen) atoms. The van der Waals surface area contributed by atoms with Crippen molar-refractivity contribution in [1.82, 2.24) is 9.88 Å². The van der Waals surface area contributed by atoms with Crippen LogP contribution < -0.4 is 0 Å². The number of rotatable bonds is 4. The molecule has 1 aromatic heterocycles. The highest BCUT2D eigenvalue weighted by atomic mass is 16.5. The van der Waals surface area contributed by atoms with Crippen molar-refractivity contribution in [2.75, 3.05) is 13.2 Å². The Balaban J connectivity index is 1.39. The molecule has 0 N–H and O–H groups in total. The largest absolute Gasteiger partial charge is 0.452 e. The maximum atomic E-state index is 13.2. The lowest BCUT2D eigenvalue weighted by Gasteiger charge is -2.28. The minimum atomic E-state index is -0.506. The number of esters is 1. The van der Waals surface area contributed by atoms with Gasteiger partial charge in [-0.1, -0.05) is 72.8 Å². The third-order valence-corrected chi connectivity index (χ3v) is 6.20. The molecule has 4 aromatic rings. The molecule has 5 rings (SSSR count). The van der Waals surface area contributed by atoms with Crippen molar-refractivity contribution in [2.24, 2.45) is 0 Å². The van der Waals surface area contributed by atoms with Crippen LogP contribution in [0.1, 0.15) is 27.0 Å². The van der Waals surface area contributed by atoms with Crippen molar-refractivity contribution < 1.29 is 14.3 Å². The predicted molar refractivity (Wildman–Crippen MR) is 128 cm³/mol. The molecule has 0 fully saturated rings. The average Bonchev–Trinajstić information content (AvgIpc) is 2.87. The summed E-state index contributed by atoms with van der Waals surface area (Å²) in [7, 11) is 0. The van der Waals surface area contributed by atoms with Crippen LogP contribution in [0.25, 0.3) is 22.2 Å². The zero-order valence-electron chi connectivity index (χ0n) is 18.5. The van der Waals surface area contributed by atoms with Crippen LogP contribution in [0, 0.1) is 6.92 Å². The highest BCUT2D eigenvalue weighted by Gasteiger charge is 2.24. The number of hydrogen-bond acceptors (Lipinski definition) is 4. The number of nitrogens with zero attached hydrogens (tertiary/aromatic N) is 2. The molecule has 0 spiro atoms. The van der Waals surface area contributed by atoms with Crippen LogP contribution in [0.3, 0.4) is 0 Å². The maximum absolute atomic E-state index is 13.2. The van der Waals surface area contributed by atoms with E-state index in [0.717, 1.165) is 34.2 Å². The summed E-state index contributed by atoms with van der Waals surface area (Å²) in [5.41, 5.74) is 5.99. The smallest absolute Gasteiger partial charge is 0.339 e. The Morgan fingerprint density at radius 1 is 0.909 bits per heavy atom. The molecule has 1 aliphatic heterocycles. The number of carbonyl (C=O) groups is 2. The van der Waals surface area contributed by atoms with Crippen LogP contribution in [0.4, 0.5) is 0 Å². The molecule has 0 unspecified atom stereocenters. The minimum Gasteiger partial charge on any atom is -0.452 e. The van der Waals surface area contributed by atoms with Crippen LogP contribution in [-0.4, -0.2) is 34.9 Å². The van der Waals surface area contributed by atoms with E-state index in [9.17, 15) is 9.59 Å². The fourth-order valence-electron chi connectivity index (χ4n) is 4.45. The van der Waals surface area contributed by atoms with E-state index in [1.807, 2.05) is 79.7 Å². The van der Waals surface area contributed by atoms with Gasteiger partial charge in [0, 0.05) is 24.0 Å². The lowest BCUT2D eigenvalue weighted by Crippen LogP contribution is -2.38. The Bertz CT molecular complexity index is 1350. The molecule has 0 bridgehead atoms. The Morgan fingerprint density at radius 2 is 1.61 bits per heavy atom. The normalized spacial score (nSPS) is 12.9. The van der Waals surface area contributed by atoms with E-state index in [2.05, 4.69) is 6.07 Å². The number of para-hydroxylation sites is 1. The van der Waals surface area contributed by atoms with Gasteiger partial charge in [0.05, 0.1) is 16.8 Å². The van der Waals surface area contributed by atoms with Gasteiger partial charge in [-0.15, -0.1) is 0 Å². The van der Waals surface area contributed by atoms with Crippen LogP contribution in [-0.2, 0) is 22.5 Å². The fourth-order valence-corrected chi connectivity index (χ4v) is 4.45. The third kappa shape index (κ3) is 4.10. The van der Waals surface area contributed by atoms with Gasteiger partial charge < -0.3 is 9.64 Å². The van der Waals surface area contributed by atoms with Crippen LogP contribution >= 0.6 is 0 Å². The van der Waals surface area contributed by atoms with Gasteiger partial charge in [-0.2, -0.15) is 0 Å². The van der Waals surface area contributed by atoms with Gasteiger partial charge >= 0.3 is 5.97 Å². The molecule has 5 heteroatoms. The summed E-state index contributed by atoms with van der Waals surface area (Å²) in [5, 5.41) is 0.721. The first kappa shape index (κ1) is 20.9. The standard InChI is InChI=1S/C28H24N2O3/c1-19-26(23-13-7-8-14-24(23)29-27(19)21-10-3-2-4-11-21)28(32)33-18-25(31)30-16-15-20-9-5-6-12-22(20)17-30/h2-14H,15-18H2,1H3. The summed E-state index contributed by atoms with van der Waals surface area (Å²) in [6, 6.07) is 25.4. The first-order valence-corrected chi connectivity index (χ1v) is 11.1. The predicted octanol–water partition coefficient (Wildman–Crippen LogP) is 4.95. The van der Waals surface area contributed by atoms with Gasteiger partial charge in [-0.3, -0.25) is 4.79 Å². The first-order chi connectivity index (χ1) is 16.1. The summed E-state index contributed by atoms with van der Waals surface area (Å²) in [6.07, 6.45) is 0.810. The molecule has 164 valence electrons. The molecule has 5 nitrogen and oxygen atoms in total. The zero-order valence-corrected chi connectivity index (χ0v) is 18.5. The van der Waals surface area contributed by atoms with E-state index in [4.69, 9.17) is 9.72 Å². The lowest BCUT2D eigenvalue weighted by molar-refractivity contribution is -0.135. The van der Waals surface area contributed by atoms with E-state index in [0.29, 0.717) is 24.2 Å². The topological polar surface area (TPSA) is 59.5 Å². The second-order valence-corrected chi connectivity index (χ2v) is 8.25. The zero-order chi connectivity index (χ0) is 22.8. The molecule has 0 atom stereocenters. The summed E-state index contributed by atoms with van der Waals surface area (Å²) in [5.74, 6) is -0.689. The minimum absolute atomic E-state index is 0.183. The van der Waals surface area contributed by atoms with Gasteiger partial charge in [0.25, 0.3) is 5.91 Å². The van der Waals surface area contributed by atoms with E-state index in [-0.39, 0.29) is 12.5 Å². The fraction of sp³-hybridized carbons (Fsp3) is 0.179. The first-order valence-electron chi connectivity index (χ1n) is 11.1. The molecule has 0 aliphatic carbocycles. The molecule has 1 aliphatic rings. The number of amides is 1. The number of fused-ring (bicyclic) bond motifs is 2. The van der Waals surface area contributed by atoms with Gasteiger partial charge in [0.1, 0.15) is 0 Å². The van der Waals surface area contributed by atoms with Gasteiger partial charge in [0.15, 0.2) is 6.61 Å². The highest BCUT2D eigenvalue weighted by Crippen LogP contribution is 2.30. The quantitative estimate of drug-likeness (QED) is 0.425. The number of carbonyl (C=O) groups excluding carboxylic acids is 2. The Morgan fingerprint density at radius 3 is 2.42 bits per heavy atom. The van der Waals surface area contributed by atoms with Gasteiger partial charge in [0.2, 0.25) is 0 Å². The summed E-state index contributed by atoms with van der Waals surface area (Å²) in [4.78, 5) is 32.6. The van der Waals surface area contributed by atoms with Crippen molar-refractivity contribution in [2.45, 2.75) is 19.9 Å². The van der Waals surface area contributed by atoms with Crippen molar-refractivity contribution in [3.05, 3.63) is 101 Å². The summed E-state index contributed by atoms with van der Waals surface area (Å²) >= 11 is 0. The molecule has 0 saturated heterocycles. The lowest BCUT2D eigenvalue weighted by atomic mass is 9.98. The van der Waals surface area contributed by atoms with Gasteiger partial charge in [-0.05, 0) is 36.1 Å². The molecule has 0 saturated carbocycles. The number of aromatic nitrogens is 1. The molecular weight excluding hydrogens is 412 g/mol. The SMILES string of the molecule is Cc1c(-c2ccccc2)nc2ccccc2c1C(=O)OCC(=O)N1CCc2ccccc2C1. The monoisotopic (exact) mass is 436 g/mol. The second kappa shape index (κ2) is 8.87. The van der Waals surface area contributed by atoms with Crippen LogP contribution in [0.15, 0.2) is 78.9 Å². The van der Waals surface area contributed by atoms with E-state index < -0.39 is 5.97 Å². The molecular formula is C28H24N2O3. The van der Waals surface area contributed by atoms with Crippen LogP contribution in [0.5, 0.6) is 0 Å². The van der Waals surface area contributed by atoms with E-state index >= 15 is 0 Å². The van der Waals surface area contributed by atoms with E-state index in [1.54, 1.807) is 4.90 Å². The third-order valence-electron chi connectivity index (χ3n) is 6.20. The van der Waals surface area contributed by atoms with Crippen molar-refractivity contribution in [1.29, 1.82) is 0 Å². The average molecular weight is 437 g/mol. The highest BCUT2D eigenvalue weighted by molar-refractivity contribution is 6.06. The van der Waals surface area contributed by atoms with Crippen molar-refractivity contribution in [3.8, 4) is 11.3 Å². The number of ether oxygens (including phenoxy) is 1. The molecule has 1 amide bonds. The number of pyridine rings is 1. The number of hydrogen-bond donors (Lipinski definition) is 0.